The van der Waals surface area contributed by atoms with Gasteiger partial charge in [0.1, 0.15) is 4.90 Å². The predicted molar refractivity (Wildman–Crippen MR) is 105 cm³/mol. The van der Waals surface area contributed by atoms with Gasteiger partial charge in [0.2, 0.25) is 15.9 Å². The molecule has 0 aliphatic carbocycles. The number of anilines is 1. The third-order valence-corrected chi connectivity index (χ3v) is 6.56. The molecule has 1 fully saturated rings. The van der Waals surface area contributed by atoms with Crippen molar-refractivity contribution >= 4 is 21.6 Å². The number of rotatable bonds is 5. The Hall–Kier alpha value is -2.43. The minimum atomic E-state index is -4.51. The number of benzene rings is 2. The van der Waals surface area contributed by atoms with Crippen molar-refractivity contribution in [2.24, 2.45) is 0 Å². The van der Waals surface area contributed by atoms with Gasteiger partial charge in [-0.05, 0) is 36.2 Å². The van der Waals surface area contributed by atoms with Gasteiger partial charge in [0.05, 0.1) is 30.9 Å². The second-order valence-electron chi connectivity index (χ2n) is 6.94. The highest BCUT2D eigenvalue weighted by molar-refractivity contribution is 7.89. The van der Waals surface area contributed by atoms with E-state index in [0.29, 0.717) is 5.56 Å². The van der Waals surface area contributed by atoms with E-state index in [4.69, 9.17) is 4.74 Å². The number of sulfonamides is 1. The molecule has 0 unspecified atom stereocenters. The van der Waals surface area contributed by atoms with Gasteiger partial charge in [0, 0.05) is 13.1 Å². The van der Waals surface area contributed by atoms with Crippen molar-refractivity contribution in [3.05, 3.63) is 59.2 Å². The van der Waals surface area contributed by atoms with E-state index in [1.165, 1.54) is 28.6 Å². The first-order valence-electron chi connectivity index (χ1n) is 9.22. The van der Waals surface area contributed by atoms with Crippen LogP contribution in [0.3, 0.4) is 0 Å². The summed E-state index contributed by atoms with van der Waals surface area (Å²) in [6.45, 7) is 2.69. The standard InChI is InChI=1S/C20H21F3N2O4S/c1-14-5-6-17(18(11-14)30(27,28)25-7-9-29-10-8-25)24-19(26)13-15-3-2-4-16(12-15)20(21,22)23/h2-6,11-12H,7-10,13H2,1H3,(H,24,26). The molecule has 1 amide bonds. The van der Waals surface area contributed by atoms with E-state index in [-0.39, 0.29) is 48.9 Å². The van der Waals surface area contributed by atoms with Gasteiger partial charge in [-0.15, -0.1) is 0 Å². The van der Waals surface area contributed by atoms with Crippen LogP contribution in [0.15, 0.2) is 47.4 Å². The van der Waals surface area contributed by atoms with Crippen molar-refractivity contribution in [1.29, 1.82) is 0 Å². The summed E-state index contributed by atoms with van der Waals surface area (Å²) in [5, 5.41) is 2.53. The number of halogens is 3. The first-order valence-corrected chi connectivity index (χ1v) is 10.7. The van der Waals surface area contributed by atoms with Gasteiger partial charge in [-0.25, -0.2) is 8.42 Å². The van der Waals surface area contributed by atoms with Gasteiger partial charge in [-0.3, -0.25) is 4.79 Å². The van der Waals surface area contributed by atoms with Gasteiger partial charge < -0.3 is 10.1 Å². The zero-order valence-corrected chi connectivity index (χ0v) is 17.0. The molecule has 30 heavy (non-hydrogen) atoms. The maximum Gasteiger partial charge on any atom is 0.416 e. The van der Waals surface area contributed by atoms with Crippen LogP contribution in [0.2, 0.25) is 0 Å². The van der Waals surface area contributed by atoms with Crippen LogP contribution in [0.4, 0.5) is 18.9 Å². The minimum absolute atomic E-state index is 0.0539. The van der Waals surface area contributed by atoms with E-state index in [2.05, 4.69) is 5.32 Å². The van der Waals surface area contributed by atoms with Gasteiger partial charge >= 0.3 is 6.18 Å². The molecule has 0 spiro atoms. The number of aryl methyl sites for hydroxylation is 1. The molecule has 1 heterocycles. The highest BCUT2D eigenvalue weighted by Gasteiger charge is 2.31. The first-order chi connectivity index (χ1) is 14.1. The molecule has 0 atom stereocenters. The summed E-state index contributed by atoms with van der Waals surface area (Å²) in [6.07, 6.45) is -4.84. The summed E-state index contributed by atoms with van der Waals surface area (Å²) in [7, 11) is -3.87. The fraction of sp³-hybridized carbons (Fsp3) is 0.350. The molecule has 0 bridgehead atoms. The van der Waals surface area contributed by atoms with E-state index in [0.717, 1.165) is 12.1 Å². The number of carbonyl (C=O) groups excluding carboxylic acids is 1. The molecule has 1 N–H and O–H groups in total. The SMILES string of the molecule is Cc1ccc(NC(=O)Cc2cccc(C(F)(F)F)c2)c(S(=O)(=O)N2CCOCC2)c1. The Balaban J connectivity index is 1.83. The lowest BCUT2D eigenvalue weighted by atomic mass is 10.1. The van der Waals surface area contributed by atoms with Crippen molar-refractivity contribution in [3.63, 3.8) is 0 Å². The Labute approximate surface area is 172 Å². The summed E-state index contributed by atoms with van der Waals surface area (Å²) in [4.78, 5) is 12.4. The van der Waals surface area contributed by atoms with Crippen molar-refractivity contribution < 1.29 is 31.1 Å². The van der Waals surface area contributed by atoms with E-state index >= 15 is 0 Å². The molecule has 162 valence electrons. The zero-order chi connectivity index (χ0) is 21.9. The molecule has 0 saturated carbocycles. The molecule has 2 aromatic carbocycles. The number of nitrogens with zero attached hydrogens (tertiary/aromatic N) is 1. The van der Waals surface area contributed by atoms with Gasteiger partial charge in [-0.2, -0.15) is 17.5 Å². The van der Waals surface area contributed by atoms with E-state index in [1.807, 2.05) is 0 Å². The van der Waals surface area contributed by atoms with Crippen LogP contribution in [0, 0.1) is 6.92 Å². The molecule has 3 rings (SSSR count). The maximum atomic E-state index is 13.0. The van der Waals surface area contributed by atoms with Crippen molar-refractivity contribution in [2.45, 2.75) is 24.4 Å². The topological polar surface area (TPSA) is 75.7 Å². The highest BCUT2D eigenvalue weighted by Crippen LogP contribution is 2.30. The number of morpholine rings is 1. The molecule has 10 heteroatoms. The van der Waals surface area contributed by atoms with E-state index in [9.17, 15) is 26.4 Å². The summed E-state index contributed by atoms with van der Waals surface area (Å²) < 4.78 is 71.2. The molecule has 0 radical (unpaired) electrons. The van der Waals surface area contributed by atoms with Crippen LogP contribution in [0.1, 0.15) is 16.7 Å². The van der Waals surface area contributed by atoms with Crippen LogP contribution in [-0.4, -0.2) is 44.9 Å². The fourth-order valence-corrected chi connectivity index (χ4v) is 4.75. The second-order valence-corrected chi connectivity index (χ2v) is 8.85. The Morgan fingerprint density at radius 2 is 1.83 bits per heavy atom. The lowest BCUT2D eigenvalue weighted by Crippen LogP contribution is -2.41. The quantitative estimate of drug-likeness (QED) is 0.772. The van der Waals surface area contributed by atoms with Crippen molar-refractivity contribution in [3.8, 4) is 0 Å². The number of ether oxygens (including phenoxy) is 1. The normalized spacial score (nSPS) is 15.7. The van der Waals surface area contributed by atoms with Crippen molar-refractivity contribution in [2.75, 3.05) is 31.6 Å². The molecule has 2 aromatic rings. The number of carbonyl (C=O) groups is 1. The molecule has 1 saturated heterocycles. The number of alkyl halides is 3. The third kappa shape index (κ3) is 5.18. The van der Waals surface area contributed by atoms with Gasteiger partial charge in [-0.1, -0.05) is 24.3 Å². The second kappa shape index (κ2) is 8.75. The number of hydrogen-bond acceptors (Lipinski definition) is 4. The fourth-order valence-electron chi connectivity index (χ4n) is 3.11. The highest BCUT2D eigenvalue weighted by atomic mass is 32.2. The average molecular weight is 442 g/mol. The lowest BCUT2D eigenvalue weighted by molar-refractivity contribution is -0.137. The first kappa shape index (κ1) is 22.3. The largest absolute Gasteiger partial charge is 0.416 e. The smallest absolute Gasteiger partial charge is 0.379 e. The molecule has 1 aliphatic rings. The maximum absolute atomic E-state index is 13.0. The average Bonchev–Trinajstić information content (AvgIpc) is 2.69. The summed E-state index contributed by atoms with van der Waals surface area (Å²) in [5.74, 6) is -0.614. The summed E-state index contributed by atoms with van der Waals surface area (Å²) in [5.41, 5.74) is 0.104. The monoisotopic (exact) mass is 442 g/mol. The molecule has 0 aromatic heterocycles. The molecule has 6 nitrogen and oxygen atoms in total. The van der Waals surface area contributed by atoms with Crippen LogP contribution < -0.4 is 5.32 Å². The Morgan fingerprint density at radius 1 is 1.13 bits per heavy atom. The van der Waals surface area contributed by atoms with Crippen molar-refractivity contribution in [1.82, 2.24) is 4.31 Å². The van der Waals surface area contributed by atoms with E-state index in [1.54, 1.807) is 13.0 Å². The number of amides is 1. The Kier molecular flexibility index (Phi) is 6.49. The molecular formula is C20H21F3N2O4S. The number of hydrogen-bond donors (Lipinski definition) is 1. The summed E-state index contributed by atoms with van der Waals surface area (Å²) in [6, 6.07) is 9.06. The van der Waals surface area contributed by atoms with Crippen LogP contribution in [0.5, 0.6) is 0 Å². The third-order valence-electron chi connectivity index (χ3n) is 4.62. The predicted octanol–water partition coefficient (Wildman–Crippen LogP) is 3.22. The summed E-state index contributed by atoms with van der Waals surface area (Å²) >= 11 is 0. The van der Waals surface area contributed by atoms with E-state index < -0.39 is 27.7 Å². The number of nitrogens with one attached hydrogen (secondary N) is 1. The zero-order valence-electron chi connectivity index (χ0n) is 16.2. The Bertz CT molecular complexity index is 1030. The lowest BCUT2D eigenvalue weighted by Gasteiger charge is -2.27. The molecular weight excluding hydrogens is 421 g/mol. The van der Waals surface area contributed by atoms with Crippen LogP contribution in [-0.2, 0) is 32.2 Å². The van der Waals surface area contributed by atoms with Crippen LogP contribution >= 0.6 is 0 Å². The van der Waals surface area contributed by atoms with Crippen LogP contribution in [0.25, 0.3) is 0 Å². The van der Waals surface area contributed by atoms with Gasteiger partial charge in [0.15, 0.2) is 0 Å². The Morgan fingerprint density at radius 3 is 2.50 bits per heavy atom. The van der Waals surface area contributed by atoms with Gasteiger partial charge in [0.25, 0.3) is 0 Å². The molecule has 1 aliphatic heterocycles. The minimum Gasteiger partial charge on any atom is -0.379 e.